The van der Waals surface area contributed by atoms with Crippen LogP contribution >= 0.6 is 0 Å². The van der Waals surface area contributed by atoms with Gasteiger partial charge >= 0.3 is 6.18 Å². The SMILES string of the molecule is C[C@H]1Oc2ccccc2O[C@@H]1C(=O)N1CCC(N2CCN(c3ccc(C(F)(F)F)cn3)CC2)CC1. The quantitative estimate of drug-likeness (QED) is 0.657. The standard InChI is InChI=1S/C25H29F3N4O3/c1-17-23(35-21-5-3-2-4-20(21)34-17)24(33)32-10-8-19(9-11-32)30-12-14-31(15-13-30)22-7-6-18(16-29-22)25(26,27)28/h2-7,16-17,19,23H,8-15H2,1H3/t17-,23+/m1/s1. The fourth-order valence-corrected chi connectivity index (χ4v) is 5.08. The van der Waals surface area contributed by atoms with Crippen LogP contribution in [0.15, 0.2) is 42.6 Å². The van der Waals surface area contributed by atoms with E-state index in [0.29, 0.717) is 49.5 Å². The number of hydrogen-bond donors (Lipinski definition) is 0. The number of anilines is 1. The number of carbonyl (C=O) groups excluding carboxylic acids is 1. The zero-order chi connectivity index (χ0) is 24.6. The lowest BCUT2D eigenvalue weighted by Crippen LogP contribution is -2.56. The number of alkyl halides is 3. The lowest BCUT2D eigenvalue weighted by molar-refractivity contribution is -0.146. The first-order valence-electron chi connectivity index (χ1n) is 12.0. The topological polar surface area (TPSA) is 58.1 Å². The van der Waals surface area contributed by atoms with Crippen molar-refractivity contribution in [1.82, 2.24) is 14.8 Å². The van der Waals surface area contributed by atoms with Crippen molar-refractivity contribution in [1.29, 1.82) is 0 Å². The number of likely N-dealkylation sites (tertiary alicyclic amines) is 1. The lowest BCUT2D eigenvalue weighted by atomic mass is 10.0. The summed E-state index contributed by atoms with van der Waals surface area (Å²) in [7, 11) is 0. The van der Waals surface area contributed by atoms with E-state index < -0.39 is 17.8 Å². The van der Waals surface area contributed by atoms with Crippen LogP contribution in [0.4, 0.5) is 19.0 Å². The Morgan fingerprint density at radius 3 is 2.20 bits per heavy atom. The third kappa shape index (κ3) is 5.03. The largest absolute Gasteiger partial charge is 0.482 e. The minimum atomic E-state index is -4.38. The van der Waals surface area contributed by atoms with Gasteiger partial charge in [-0.2, -0.15) is 13.2 Å². The van der Waals surface area contributed by atoms with E-state index in [4.69, 9.17) is 9.47 Å². The van der Waals surface area contributed by atoms with Gasteiger partial charge < -0.3 is 19.3 Å². The number of benzene rings is 1. The number of piperazine rings is 1. The molecule has 2 fully saturated rings. The van der Waals surface area contributed by atoms with Gasteiger partial charge in [0.05, 0.1) is 5.56 Å². The maximum atomic E-state index is 13.2. The van der Waals surface area contributed by atoms with Gasteiger partial charge in [0.2, 0.25) is 6.10 Å². The number of aromatic nitrogens is 1. The molecule has 0 bridgehead atoms. The number of carbonyl (C=O) groups is 1. The predicted octanol–water partition coefficient (Wildman–Crippen LogP) is 3.44. The highest BCUT2D eigenvalue weighted by atomic mass is 19.4. The first-order chi connectivity index (χ1) is 16.8. The fourth-order valence-electron chi connectivity index (χ4n) is 5.08. The summed E-state index contributed by atoms with van der Waals surface area (Å²) >= 11 is 0. The monoisotopic (exact) mass is 490 g/mol. The molecule has 2 aromatic rings. The van der Waals surface area contributed by atoms with Crippen molar-refractivity contribution in [3.05, 3.63) is 48.2 Å². The summed E-state index contributed by atoms with van der Waals surface area (Å²) < 4.78 is 50.2. The molecule has 2 saturated heterocycles. The van der Waals surface area contributed by atoms with Gasteiger partial charge in [0.1, 0.15) is 11.9 Å². The van der Waals surface area contributed by atoms with Crippen molar-refractivity contribution in [3.63, 3.8) is 0 Å². The number of amides is 1. The van der Waals surface area contributed by atoms with Gasteiger partial charge in [-0.1, -0.05) is 12.1 Å². The van der Waals surface area contributed by atoms with E-state index >= 15 is 0 Å². The highest BCUT2D eigenvalue weighted by Gasteiger charge is 2.39. The Bertz CT molecular complexity index is 1030. The average molecular weight is 491 g/mol. The van der Waals surface area contributed by atoms with Gasteiger partial charge in [-0.3, -0.25) is 9.69 Å². The summed E-state index contributed by atoms with van der Waals surface area (Å²) in [5.74, 6) is 1.79. The molecule has 0 aliphatic carbocycles. The number of hydrogen-bond acceptors (Lipinski definition) is 6. The van der Waals surface area contributed by atoms with Crippen molar-refractivity contribution in [3.8, 4) is 11.5 Å². The fraction of sp³-hybridized carbons (Fsp3) is 0.520. The average Bonchev–Trinajstić information content (AvgIpc) is 2.88. The highest BCUT2D eigenvalue weighted by molar-refractivity contribution is 5.82. The molecular formula is C25H29F3N4O3. The smallest absolute Gasteiger partial charge is 0.417 e. The van der Waals surface area contributed by atoms with E-state index in [9.17, 15) is 18.0 Å². The van der Waals surface area contributed by atoms with Crippen LogP contribution in [0.1, 0.15) is 25.3 Å². The van der Waals surface area contributed by atoms with Crippen LogP contribution in [0.2, 0.25) is 0 Å². The molecule has 3 aliphatic rings. The normalized spacial score (nSPS) is 23.9. The van der Waals surface area contributed by atoms with Crippen LogP contribution < -0.4 is 14.4 Å². The van der Waals surface area contributed by atoms with Crippen molar-refractivity contribution in [2.75, 3.05) is 44.2 Å². The molecule has 0 radical (unpaired) electrons. The van der Waals surface area contributed by atoms with Crippen molar-refractivity contribution >= 4 is 11.7 Å². The Labute approximate surface area is 202 Å². The molecule has 2 atom stereocenters. The zero-order valence-electron chi connectivity index (χ0n) is 19.6. The Balaban J connectivity index is 1.11. The summed E-state index contributed by atoms with van der Waals surface area (Å²) in [5, 5.41) is 0. The molecule has 5 rings (SSSR count). The number of pyridine rings is 1. The second-order valence-electron chi connectivity index (χ2n) is 9.29. The Morgan fingerprint density at radius 2 is 1.60 bits per heavy atom. The number of rotatable bonds is 3. The second kappa shape index (κ2) is 9.56. The Kier molecular flexibility index (Phi) is 6.48. The van der Waals surface area contributed by atoms with E-state index in [1.807, 2.05) is 41.0 Å². The highest BCUT2D eigenvalue weighted by Crippen LogP contribution is 2.34. The van der Waals surface area contributed by atoms with Gasteiger partial charge in [-0.25, -0.2) is 4.98 Å². The van der Waals surface area contributed by atoms with Crippen LogP contribution in [0, 0.1) is 0 Å². The first-order valence-corrected chi connectivity index (χ1v) is 12.0. The summed E-state index contributed by atoms with van der Waals surface area (Å²) in [6.45, 7) is 6.24. The van der Waals surface area contributed by atoms with E-state index in [0.717, 1.165) is 38.2 Å². The number of nitrogens with zero attached hydrogens (tertiary/aromatic N) is 4. The molecule has 1 aromatic carbocycles. The molecule has 35 heavy (non-hydrogen) atoms. The minimum Gasteiger partial charge on any atom is -0.482 e. The van der Waals surface area contributed by atoms with Crippen LogP contribution in [0.25, 0.3) is 0 Å². The molecule has 10 heteroatoms. The molecule has 0 spiro atoms. The molecule has 1 aromatic heterocycles. The Morgan fingerprint density at radius 1 is 0.943 bits per heavy atom. The van der Waals surface area contributed by atoms with E-state index in [2.05, 4.69) is 9.88 Å². The van der Waals surface area contributed by atoms with Crippen molar-refractivity contribution in [2.45, 2.75) is 44.2 Å². The van der Waals surface area contributed by atoms with Crippen molar-refractivity contribution in [2.24, 2.45) is 0 Å². The predicted molar refractivity (Wildman–Crippen MR) is 124 cm³/mol. The van der Waals surface area contributed by atoms with Gasteiger partial charge in [0, 0.05) is 51.5 Å². The zero-order valence-corrected chi connectivity index (χ0v) is 19.6. The van der Waals surface area contributed by atoms with E-state index in [-0.39, 0.29) is 12.0 Å². The number of para-hydroxylation sites is 2. The van der Waals surface area contributed by atoms with Gasteiger partial charge in [0.25, 0.3) is 5.91 Å². The van der Waals surface area contributed by atoms with Crippen LogP contribution in [-0.4, -0.2) is 78.2 Å². The second-order valence-corrected chi connectivity index (χ2v) is 9.29. The Hall–Kier alpha value is -3.01. The number of halogens is 3. The maximum Gasteiger partial charge on any atom is 0.417 e. The van der Waals surface area contributed by atoms with Crippen LogP contribution in [0.5, 0.6) is 11.5 Å². The van der Waals surface area contributed by atoms with Crippen LogP contribution in [0.3, 0.4) is 0 Å². The van der Waals surface area contributed by atoms with Gasteiger partial charge in [-0.05, 0) is 44.0 Å². The maximum absolute atomic E-state index is 13.2. The van der Waals surface area contributed by atoms with Crippen LogP contribution in [-0.2, 0) is 11.0 Å². The molecule has 7 nitrogen and oxygen atoms in total. The van der Waals surface area contributed by atoms with Gasteiger partial charge in [-0.15, -0.1) is 0 Å². The number of ether oxygens (including phenoxy) is 2. The minimum absolute atomic E-state index is 0.0383. The first kappa shape index (κ1) is 23.7. The summed E-state index contributed by atoms with van der Waals surface area (Å²) in [6.07, 6.45) is -2.73. The molecule has 1 amide bonds. The van der Waals surface area contributed by atoms with E-state index in [1.54, 1.807) is 0 Å². The molecule has 188 valence electrons. The summed E-state index contributed by atoms with van der Waals surface area (Å²) in [6, 6.07) is 10.3. The van der Waals surface area contributed by atoms with Gasteiger partial charge in [0.15, 0.2) is 11.5 Å². The van der Waals surface area contributed by atoms with Crippen molar-refractivity contribution < 1.29 is 27.4 Å². The number of piperidine rings is 1. The molecule has 0 saturated carbocycles. The summed E-state index contributed by atoms with van der Waals surface area (Å²) in [4.78, 5) is 23.5. The summed E-state index contributed by atoms with van der Waals surface area (Å²) in [5.41, 5.74) is -0.731. The number of fused-ring (bicyclic) bond motifs is 1. The molecule has 0 unspecified atom stereocenters. The third-order valence-corrected chi connectivity index (χ3v) is 7.09. The van der Waals surface area contributed by atoms with E-state index in [1.165, 1.54) is 6.07 Å². The molecular weight excluding hydrogens is 461 g/mol. The lowest BCUT2D eigenvalue weighted by Gasteiger charge is -2.44. The third-order valence-electron chi connectivity index (χ3n) is 7.09. The molecule has 0 N–H and O–H groups in total. The molecule has 4 heterocycles. The molecule has 3 aliphatic heterocycles.